The summed E-state index contributed by atoms with van der Waals surface area (Å²) in [4.78, 5) is 2.76. The summed E-state index contributed by atoms with van der Waals surface area (Å²) in [6, 6.07) is 1.47. The van der Waals surface area contributed by atoms with E-state index in [1.165, 1.54) is 51.7 Å². The summed E-state index contributed by atoms with van der Waals surface area (Å²) in [5.41, 5.74) is 0. The molecule has 0 saturated carbocycles. The van der Waals surface area contributed by atoms with Crippen molar-refractivity contribution in [1.82, 2.24) is 10.2 Å². The van der Waals surface area contributed by atoms with Gasteiger partial charge < -0.3 is 5.32 Å². The number of rotatable bonds is 8. The van der Waals surface area contributed by atoms with Crippen LogP contribution in [0, 0.1) is 11.8 Å². The summed E-state index contributed by atoms with van der Waals surface area (Å²) in [5, 5.41) is 3.77. The van der Waals surface area contributed by atoms with Crippen LogP contribution in [0.2, 0.25) is 0 Å². The topological polar surface area (TPSA) is 15.3 Å². The Labute approximate surface area is 121 Å². The number of piperazine rings is 1. The van der Waals surface area contributed by atoms with Gasteiger partial charge >= 0.3 is 0 Å². The van der Waals surface area contributed by atoms with Gasteiger partial charge in [-0.25, -0.2) is 0 Å². The maximum absolute atomic E-state index is 3.77. The van der Waals surface area contributed by atoms with Gasteiger partial charge in [-0.2, -0.15) is 0 Å². The Morgan fingerprint density at radius 2 is 1.89 bits per heavy atom. The van der Waals surface area contributed by atoms with E-state index in [2.05, 4.69) is 44.8 Å². The molecular formula is C17H36N2. The van der Waals surface area contributed by atoms with Crippen molar-refractivity contribution < 1.29 is 0 Å². The lowest BCUT2D eigenvalue weighted by molar-refractivity contribution is 0.104. The highest BCUT2D eigenvalue weighted by Crippen LogP contribution is 2.18. The zero-order chi connectivity index (χ0) is 14.3. The van der Waals surface area contributed by atoms with Gasteiger partial charge in [-0.05, 0) is 31.2 Å². The molecule has 1 aliphatic rings. The lowest BCUT2D eigenvalue weighted by atomic mass is 9.94. The fourth-order valence-electron chi connectivity index (χ4n) is 3.09. The van der Waals surface area contributed by atoms with Crippen LogP contribution in [0.15, 0.2) is 0 Å². The second kappa shape index (κ2) is 8.97. The van der Waals surface area contributed by atoms with Crippen molar-refractivity contribution in [1.29, 1.82) is 0 Å². The van der Waals surface area contributed by atoms with Crippen molar-refractivity contribution in [2.45, 2.75) is 78.8 Å². The largest absolute Gasteiger partial charge is 0.311 e. The summed E-state index contributed by atoms with van der Waals surface area (Å²) in [5.74, 6) is 1.66. The Balaban J connectivity index is 2.37. The molecule has 0 aromatic heterocycles. The monoisotopic (exact) mass is 268 g/mol. The minimum Gasteiger partial charge on any atom is -0.311 e. The molecule has 0 amide bonds. The van der Waals surface area contributed by atoms with Crippen LogP contribution < -0.4 is 5.32 Å². The molecule has 114 valence electrons. The van der Waals surface area contributed by atoms with E-state index < -0.39 is 0 Å². The van der Waals surface area contributed by atoms with Crippen molar-refractivity contribution >= 4 is 0 Å². The zero-order valence-electron chi connectivity index (χ0n) is 13.9. The van der Waals surface area contributed by atoms with Crippen LogP contribution >= 0.6 is 0 Å². The molecule has 0 aromatic rings. The molecule has 0 aliphatic carbocycles. The minimum absolute atomic E-state index is 0.706. The van der Waals surface area contributed by atoms with E-state index in [-0.39, 0.29) is 0 Å². The molecule has 1 fully saturated rings. The van der Waals surface area contributed by atoms with E-state index >= 15 is 0 Å². The lowest BCUT2D eigenvalue weighted by Crippen LogP contribution is -2.58. The summed E-state index contributed by atoms with van der Waals surface area (Å²) in [6.07, 6.45) is 6.73. The van der Waals surface area contributed by atoms with Crippen LogP contribution in [0.3, 0.4) is 0 Å². The van der Waals surface area contributed by atoms with Gasteiger partial charge in [-0.3, -0.25) is 4.90 Å². The zero-order valence-corrected chi connectivity index (χ0v) is 13.9. The van der Waals surface area contributed by atoms with E-state index in [4.69, 9.17) is 0 Å². The first-order chi connectivity index (χ1) is 9.08. The van der Waals surface area contributed by atoms with Crippen LogP contribution in [0.5, 0.6) is 0 Å². The molecule has 1 heterocycles. The summed E-state index contributed by atoms with van der Waals surface area (Å²) < 4.78 is 0. The molecule has 3 atom stereocenters. The molecule has 1 rings (SSSR count). The van der Waals surface area contributed by atoms with E-state index in [0.29, 0.717) is 6.04 Å². The first kappa shape index (κ1) is 17.0. The van der Waals surface area contributed by atoms with Crippen LogP contribution in [-0.4, -0.2) is 36.6 Å². The molecule has 3 unspecified atom stereocenters. The number of hydrogen-bond acceptors (Lipinski definition) is 2. The van der Waals surface area contributed by atoms with Gasteiger partial charge in [0.2, 0.25) is 0 Å². The van der Waals surface area contributed by atoms with Gasteiger partial charge in [0.05, 0.1) is 0 Å². The molecule has 19 heavy (non-hydrogen) atoms. The van der Waals surface area contributed by atoms with Crippen molar-refractivity contribution in [3.05, 3.63) is 0 Å². The highest BCUT2D eigenvalue weighted by molar-refractivity contribution is 4.87. The normalized spacial score (nSPS) is 26.8. The number of hydrogen-bond donors (Lipinski definition) is 1. The number of nitrogens with one attached hydrogen (secondary N) is 1. The predicted molar refractivity (Wildman–Crippen MR) is 85.6 cm³/mol. The smallest absolute Gasteiger partial charge is 0.0221 e. The summed E-state index contributed by atoms with van der Waals surface area (Å²) >= 11 is 0. The second-order valence-electron chi connectivity index (χ2n) is 6.85. The maximum atomic E-state index is 3.77. The van der Waals surface area contributed by atoms with Crippen LogP contribution in [0.4, 0.5) is 0 Å². The molecule has 0 spiro atoms. The quantitative estimate of drug-likeness (QED) is 0.671. The number of nitrogens with zero attached hydrogens (tertiary/aromatic N) is 1. The van der Waals surface area contributed by atoms with Gasteiger partial charge in [0.15, 0.2) is 0 Å². The standard InChI is InChI=1S/C17H36N2/c1-6-15(5)17-13-19(16(7-2)12-18-17)11-9-8-10-14(3)4/h14-18H,6-13H2,1-5H3. The molecule has 1 aliphatic heterocycles. The van der Waals surface area contributed by atoms with Gasteiger partial charge in [-0.15, -0.1) is 0 Å². The van der Waals surface area contributed by atoms with Gasteiger partial charge in [0, 0.05) is 25.2 Å². The second-order valence-corrected chi connectivity index (χ2v) is 6.85. The van der Waals surface area contributed by atoms with Gasteiger partial charge in [-0.1, -0.05) is 53.9 Å². The highest BCUT2D eigenvalue weighted by Gasteiger charge is 2.28. The maximum Gasteiger partial charge on any atom is 0.0221 e. The van der Waals surface area contributed by atoms with Crippen LogP contribution in [0.1, 0.15) is 66.7 Å². The van der Waals surface area contributed by atoms with E-state index in [1.54, 1.807) is 0 Å². The van der Waals surface area contributed by atoms with Crippen LogP contribution in [-0.2, 0) is 0 Å². The summed E-state index contributed by atoms with van der Waals surface area (Å²) in [7, 11) is 0. The molecule has 1 saturated heterocycles. The van der Waals surface area contributed by atoms with Crippen molar-refractivity contribution in [2.24, 2.45) is 11.8 Å². The Hall–Kier alpha value is -0.0800. The molecule has 0 radical (unpaired) electrons. The van der Waals surface area contributed by atoms with Gasteiger partial charge in [0.25, 0.3) is 0 Å². The fraction of sp³-hybridized carbons (Fsp3) is 1.00. The Morgan fingerprint density at radius 3 is 2.47 bits per heavy atom. The first-order valence-electron chi connectivity index (χ1n) is 8.55. The molecule has 0 aromatic carbocycles. The van der Waals surface area contributed by atoms with E-state index in [9.17, 15) is 0 Å². The Morgan fingerprint density at radius 1 is 1.16 bits per heavy atom. The highest BCUT2D eigenvalue weighted by atomic mass is 15.2. The van der Waals surface area contributed by atoms with Gasteiger partial charge in [0.1, 0.15) is 0 Å². The SMILES string of the molecule is CCC(C)C1CN(CCCCC(C)C)C(CC)CN1. The molecule has 1 N–H and O–H groups in total. The Kier molecular flexibility index (Phi) is 8.01. The van der Waals surface area contributed by atoms with Crippen LogP contribution in [0.25, 0.3) is 0 Å². The molecule has 0 bridgehead atoms. The molecule has 2 nitrogen and oxygen atoms in total. The van der Waals surface area contributed by atoms with E-state index in [1.807, 2.05) is 0 Å². The third-order valence-corrected chi connectivity index (χ3v) is 4.84. The average molecular weight is 268 g/mol. The van der Waals surface area contributed by atoms with Crippen molar-refractivity contribution in [3.8, 4) is 0 Å². The minimum atomic E-state index is 0.706. The Bertz CT molecular complexity index is 227. The summed E-state index contributed by atoms with van der Waals surface area (Å²) in [6.45, 7) is 15.4. The third kappa shape index (κ3) is 5.83. The molecule has 2 heteroatoms. The van der Waals surface area contributed by atoms with E-state index in [0.717, 1.165) is 17.9 Å². The lowest BCUT2D eigenvalue weighted by Gasteiger charge is -2.42. The third-order valence-electron chi connectivity index (χ3n) is 4.84. The fourth-order valence-corrected chi connectivity index (χ4v) is 3.09. The average Bonchev–Trinajstić information content (AvgIpc) is 2.42. The first-order valence-corrected chi connectivity index (χ1v) is 8.55. The van der Waals surface area contributed by atoms with Crippen molar-refractivity contribution in [2.75, 3.05) is 19.6 Å². The molecular weight excluding hydrogens is 232 g/mol. The predicted octanol–water partition coefficient (Wildman–Crippen LogP) is 3.91. The number of unbranched alkanes of at least 4 members (excludes halogenated alkanes) is 1. The van der Waals surface area contributed by atoms with Crippen molar-refractivity contribution in [3.63, 3.8) is 0 Å².